The molecule has 0 spiro atoms. The third-order valence-corrected chi connectivity index (χ3v) is 5.83. The van der Waals surface area contributed by atoms with Crippen LogP contribution in [0.2, 0.25) is 0 Å². The number of carbonyl (C=O) groups excluding carboxylic acids is 1. The summed E-state index contributed by atoms with van der Waals surface area (Å²) >= 11 is 1.54. The van der Waals surface area contributed by atoms with Gasteiger partial charge >= 0.3 is 0 Å². The van der Waals surface area contributed by atoms with Crippen molar-refractivity contribution in [1.29, 1.82) is 0 Å². The number of thiophene rings is 1. The van der Waals surface area contributed by atoms with E-state index >= 15 is 0 Å². The molecule has 5 rings (SSSR count). The van der Waals surface area contributed by atoms with Crippen LogP contribution in [-0.4, -0.2) is 36.5 Å². The molecule has 3 aliphatic rings. The van der Waals surface area contributed by atoms with Crippen LogP contribution in [0.25, 0.3) is 11.1 Å². The summed E-state index contributed by atoms with van der Waals surface area (Å²) in [6.07, 6.45) is 2.45. The Morgan fingerprint density at radius 3 is 2.59 bits per heavy atom. The fourth-order valence-electron chi connectivity index (χ4n) is 3.61. The van der Waals surface area contributed by atoms with E-state index in [0.717, 1.165) is 17.0 Å². The lowest BCUT2D eigenvalue weighted by molar-refractivity contribution is 0.0622. The number of piperidine rings is 3. The van der Waals surface area contributed by atoms with E-state index in [9.17, 15) is 4.79 Å². The van der Waals surface area contributed by atoms with Crippen molar-refractivity contribution in [2.45, 2.75) is 18.9 Å². The van der Waals surface area contributed by atoms with E-state index in [2.05, 4.69) is 27.7 Å². The normalized spacial score (nSPS) is 26.8. The maximum absolute atomic E-state index is 12.5. The Kier molecular flexibility index (Phi) is 3.72. The van der Waals surface area contributed by atoms with Crippen molar-refractivity contribution in [2.75, 3.05) is 19.6 Å². The van der Waals surface area contributed by atoms with Crippen molar-refractivity contribution in [3.05, 3.63) is 46.7 Å². The fourth-order valence-corrected chi connectivity index (χ4v) is 4.42. The van der Waals surface area contributed by atoms with E-state index in [4.69, 9.17) is 0 Å². The Balaban J connectivity index is 1.46. The lowest BCUT2D eigenvalue weighted by atomic mass is 9.84. The standard InChI is InChI=1S/C18H20N2OS/c21-18(19-16-11-20-8-6-14(16)7-9-20)17-10-15(12-22-17)13-4-2-1-3-5-13/h1-5,10,12,14,16H,6-9,11H2,(H,19,21). The molecule has 1 unspecified atom stereocenters. The first-order valence-corrected chi connectivity index (χ1v) is 8.85. The van der Waals surface area contributed by atoms with Crippen LogP contribution in [-0.2, 0) is 0 Å². The molecular weight excluding hydrogens is 292 g/mol. The number of nitrogens with one attached hydrogen (secondary N) is 1. The van der Waals surface area contributed by atoms with Gasteiger partial charge in [-0.3, -0.25) is 4.79 Å². The average Bonchev–Trinajstić information content (AvgIpc) is 3.07. The van der Waals surface area contributed by atoms with Crippen LogP contribution in [0.5, 0.6) is 0 Å². The van der Waals surface area contributed by atoms with Crippen LogP contribution in [0.1, 0.15) is 22.5 Å². The highest BCUT2D eigenvalue weighted by molar-refractivity contribution is 7.12. The second kappa shape index (κ2) is 5.86. The summed E-state index contributed by atoms with van der Waals surface area (Å²) < 4.78 is 0. The van der Waals surface area contributed by atoms with Crippen LogP contribution in [0.15, 0.2) is 41.8 Å². The van der Waals surface area contributed by atoms with E-state index in [1.165, 1.54) is 42.8 Å². The van der Waals surface area contributed by atoms with Crippen LogP contribution in [0, 0.1) is 5.92 Å². The van der Waals surface area contributed by atoms with Crippen molar-refractivity contribution in [3.8, 4) is 11.1 Å². The number of fused-ring (bicyclic) bond motifs is 3. The highest BCUT2D eigenvalue weighted by Crippen LogP contribution is 2.29. The van der Waals surface area contributed by atoms with Gasteiger partial charge in [0.05, 0.1) is 4.88 Å². The highest BCUT2D eigenvalue weighted by atomic mass is 32.1. The molecule has 1 aromatic heterocycles. The summed E-state index contributed by atoms with van der Waals surface area (Å²) in [4.78, 5) is 15.8. The summed E-state index contributed by atoms with van der Waals surface area (Å²) in [5, 5.41) is 5.33. The van der Waals surface area contributed by atoms with Gasteiger partial charge in [-0.1, -0.05) is 30.3 Å². The van der Waals surface area contributed by atoms with Crippen LogP contribution in [0.4, 0.5) is 0 Å². The van der Waals surface area contributed by atoms with Crippen molar-refractivity contribution in [3.63, 3.8) is 0 Å². The molecule has 22 heavy (non-hydrogen) atoms. The second-order valence-corrected chi connectivity index (χ2v) is 7.19. The third kappa shape index (κ3) is 2.69. The molecule has 1 amide bonds. The van der Waals surface area contributed by atoms with Crippen molar-refractivity contribution >= 4 is 17.2 Å². The second-order valence-electron chi connectivity index (χ2n) is 6.28. The van der Waals surface area contributed by atoms with Gasteiger partial charge in [-0.2, -0.15) is 0 Å². The lowest BCUT2D eigenvalue weighted by Gasteiger charge is -2.44. The Bertz CT molecular complexity index is 659. The molecule has 3 saturated heterocycles. The summed E-state index contributed by atoms with van der Waals surface area (Å²) in [5.41, 5.74) is 2.30. The first kappa shape index (κ1) is 14.0. The molecule has 4 heterocycles. The summed E-state index contributed by atoms with van der Waals surface area (Å²) in [6.45, 7) is 3.43. The zero-order valence-corrected chi connectivity index (χ0v) is 13.3. The van der Waals surface area contributed by atoms with E-state index < -0.39 is 0 Å². The summed E-state index contributed by atoms with van der Waals surface area (Å²) in [6, 6.07) is 12.6. The molecule has 114 valence electrons. The molecule has 1 atom stereocenters. The van der Waals surface area contributed by atoms with E-state index in [-0.39, 0.29) is 5.91 Å². The minimum Gasteiger partial charge on any atom is -0.347 e. The van der Waals surface area contributed by atoms with Gasteiger partial charge in [-0.25, -0.2) is 0 Å². The summed E-state index contributed by atoms with van der Waals surface area (Å²) in [7, 11) is 0. The van der Waals surface area contributed by atoms with Crippen LogP contribution >= 0.6 is 11.3 Å². The molecular formula is C18H20N2OS. The van der Waals surface area contributed by atoms with Crippen molar-refractivity contribution in [1.82, 2.24) is 10.2 Å². The Morgan fingerprint density at radius 2 is 1.91 bits per heavy atom. The number of hydrogen-bond acceptors (Lipinski definition) is 3. The minimum absolute atomic E-state index is 0.0888. The van der Waals surface area contributed by atoms with Gasteiger partial charge in [0.2, 0.25) is 0 Å². The summed E-state index contributed by atoms with van der Waals surface area (Å²) in [5.74, 6) is 0.758. The molecule has 1 aromatic carbocycles. The number of rotatable bonds is 3. The van der Waals surface area contributed by atoms with E-state index in [0.29, 0.717) is 12.0 Å². The topological polar surface area (TPSA) is 32.3 Å². The smallest absolute Gasteiger partial charge is 0.261 e. The quantitative estimate of drug-likeness (QED) is 0.943. The Morgan fingerprint density at radius 1 is 1.14 bits per heavy atom. The number of hydrogen-bond donors (Lipinski definition) is 1. The van der Waals surface area contributed by atoms with E-state index in [1.807, 2.05) is 24.3 Å². The molecule has 3 fully saturated rings. The fraction of sp³-hybridized carbons (Fsp3) is 0.389. The molecule has 2 aromatic rings. The van der Waals surface area contributed by atoms with Gasteiger partial charge in [0, 0.05) is 12.6 Å². The molecule has 0 radical (unpaired) electrons. The SMILES string of the molecule is O=C(NC1CN2CCC1CC2)c1cc(-c2ccccc2)cs1. The monoisotopic (exact) mass is 312 g/mol. The van der Waals surface area contributed by atoms with Gasteiger partial charge in [0.1, 0.15) is 0 Å². The Hall–Kier alpha value is -1.65. The largest absolute Gasteiger partial charge is 0.347 e. The molecule has 3 aliphatic heterocycles. The number of amides is 1. The third-order valence-electron chi connectivity index (χ3n) is 4.90. The van der Waals surface area contributed by atoms with Crippen LogP contribution in [0.3, 0.4) is 0 Å². The zero-order valence-electron chi connectivity index (χ0n) is 12.5. The van der Waals surface area contributed by atoms with Gasteiger partial charge in [-0.15, -0.1) is 11.3 Å². The molecule has 4 heteroatoms. The average molecular weight is 312 g/mol. The molecule has 3 nitrogen and oxygen atoms in total. The highest BCUT2D eigenvalue weighted by Gasteiger charge is 2.35. The maximum Gasteiger partial charge on any atom is 0.261 e. The molecule has 2 bridgehead atoms. The lowest BCUT2D eigenvalue weighted by Crippen LogP contribution is -2.57. The Labute approximate surface area is 135 Å². The van der Waals surface area contributed by atoms with E-state index in [1.54, 1.807) is 0 Å². The number of nitrogens with zero attached hydrogens (tertiary/aromatic N) is 1. The predicted octanol–water partition coefficient (Wildman–Crippen LogP) is 3.24. The molecule has 1 N–H and O–H groups in total. The van der Waals surface area contributed by atoms with Gasteiger partial charge < -0.3 is 10.2 Å². The zero-order chi connectivity index (χ0) is 14.9. The maximum atomic E-state index is 12.5. The first-order valence-electron chi connectivity index (χ1n) is 7.97. The van der Waals surface area contributed by atoms with Gasteiger partial charge in [0.15, 0.2) is 0 Å². The minimum atomic E-state index is 0.0888. The first-order chi connectivity index (χ1) is 10.8. The molecule has 0 aliphatic carbocycles. The van der Waals surface area contributed by atoms with Gasteiger partial charge in [-0.05, 0) is 54.4 Å². The van der Waals surface area contributed by atoms with Gasteiger partial charge in [0.25, 0.3) is 5.91 Å². The van der Waals surface area contributed by atoms with Crippen molar-refractivity contribution < 1.29 is 4.79 Å². The number of benzene rings is 1. The van der Waals surface area contributed by atoms with Crippen molar-refractivity contribution in [2.24, 2.45) is 5.92 Å². The molecule has 0 saturated carbocycles. The number of carbonyl (C=O) groups is 1. The predicted molar refractivity (Wildman–Crippen MR) is 90.2 cm³/mol. The van der Waals surface area contributed by atoms with Crippen LogP contribution < -0.4 is 5.32 Å².